The molecule has 0 bridgehead atoms. The second kappa shape index (κ2) is 8.78. The maximum absolute atomic E-state index is 13.1. The minimum absolute atomic E-state index is 0.0186. The topological polar surface area (TPSA) is 78.5 Å². The van der Waals surface area contributed by atoms with Crippen molar-refractivity contribution < 1.29 is 14.4 Å². The van der Waals surface area contributed by atoms with Gasteiger partial charge in [-0.15, -0.1) is 11.8 Å². The van der Waals surface area contributed by atoms with Crippen molar-refractivity contribution >= 4 is 29.6 Å². The monoisotopic (exact) mass is 417 g/mol. The van der Waals surface area contributed by atoms with Gasteiger partial charge >= 0.3 is 6.03 Å². The van der Waals surface area contributed by atoms with Crippen molar-refractivity contribution in [1.82, 2.24) is 15.5 Å². The Morgan fingerprint density at radius 2 is 1.97 bits per heavy atom. The summed E-state index contributed by atoms with van der Waals surface area (Å²) < 4.78 is 0. The van der Waals surface area contributed by atoms with E-state index >= 15 is 0 Å². The zero-order valence-electron chi connectivity index (χ0n) is 17.5. The second-order valence-electron chi connectivity index (χ2n) is 9.12. The SMILES string of the molecule is CC1CC(C)(C)CC2(C1)NC(=O)N(CC(=O)NCCCSc1ccccc1)C2=O. The standard InChI is InChI=1S/C22H31N3O3S/c1-16-12-21(2,3)15-22(13-16)19(27)25(20(28)24-22)14-18(26)23-10-7-11-29-17-8-5-4-6-9-17/h4-6,8-9,16H,7,10-15H2,1-3H3,(H,23,26)(H,24,28). The quantitative estimate of drug-likeness (QED) is 0.405. The molecule has 1 aromatic carbocycles. The van der Waals surface area contributed by atoms with Gasteiger partial charge in [-0.3, -0.25) is 14.5 Å². The molecule has 2 fully saturated rings. The largest absolute Gasteiger partial charge is 0.355 e. The van der Waals surface area contributed by atoms with E-state index in [-0.39, 0.29) is 23.8 Å². The van der Waals surface area contributed by atoms with E-state index in [2.05, 4.69) is 43.5 Å². The molecule has 0 aromatic heterocycles. The molecule has 3 rings (SSSR count). The average molecular weight is 418 g/mol. The third kappa shape index (κ3) is 5.32. The predicted molar refractivity (Wildman–Crippen MR) is 115 cm³/mol. The Bertz CT molecular complexity index is 768. The molecule has 0 radical (unpaired) electrons. The number of carbonyl (C=O) groups is 3. The molecule has 2 aliphatic rings. The van der Waals surface area contributed by atoms with Gasteiger partial charge in [0.2, 0.25) is 5.91 Å². The molecule has 2 N–H and O–H groups in total. The molecule has 1 heterocycles. The van der Waals surface area contributed by atoms with Gasteiger partial charge in [0.05, 0.1) is 0 Å². The van der Waals surface area contributed by atoms with E-state index in [1.165, 1.54) is 4.90 Å². The number of carbonyl (C=O) groups excluding carboxylic acids is 3. The number of benzene rings is 1. The highest BCUT2D eigenvalue weighted by Gasteiger charge is 2.56. The van der Waals surface area contributed by atoms with E-state index in [4.69, 9.17) is 0 Å². The van der Waals surface area contributed by atoms with Crippen molar-refractivity contribution in [2.24, 2.45) is 11.3 Å². The minimum Gasteiger partial charge on any atom is -0.355 e. The first-order valence-corrected chi connectivity index (χ1v) is 11.3. The third-order valence-corrected chi connectivity index (χ3v) is 6.68. The van der Waals surface area contributed by atoms with Crippen LogP contribution in [0.4, 0.5) is 4.79 Å². The van der Waals surface area contributed by atoms with Crippen LogP contribution in [0.25, 0.3) is 0 Å². The van der Waals surface area contributed by atoms with Crippen molar-refractivity contribution in [3.05, 3.63) is 30.3 Å². The molecule has 7 heteroatoms. The van der Waals surface area contributed by atoms with Gasteiger partial charge in [0, 0.05) is 11.4 Å². The molecule has 1 spiro atoms. The zero-order valence-corrected chi connectivity index (χ0v) is 18.3. The highest BCUT2D eigenvalue weighted by molar-refractivity contribution is 7.99. The van der Waals surface area contributed by atoms with Crippen LogP contribution in [-0.4, -0.2) is 47.1 Å². The minimum atomic E-state index is -0.856. The summed E-state index contributed by atoms with van der Waals surface area (Å²) in [6.45, 7) is 6.69. The molecule has 1 aliphatic heterocycles. The maximum atomic E-state index is 13.1. The summed E-state index contributed by atoms with van der Waals surface area (Å²) in [4.78, 5) is 40.1. The normalized spacial score (nSPS) is 25.9. The van der Waals surface area contributed by atoms with Gasteiger partial charge in [0.1, 0.15) is 12.1 Å². The van der Waals surface area contributed by atoms with Crippen LogP contribution >= 0.6 is 11.8 Å². The number of urea groups is 1. The van der Waals surface area contributed by atoms with Gasteiger partial charge in [-0.2, -0.15) is 0 Å². The van der Waals surface area contributed by atoms with Crippen LogP contribution in [0.15, 0.2) is 35.2 Å². The number of nitrogens with one attached hydrogen (secondary N) is 2. The van der Waals surface area contributed by atoms with E-state index in [1.54, 1.807) is 11.8 Å². The Labute approximate surface area is 177 Å². The smallest absolute Gasteiger partial charge is 0.325 e. The van der Waals surface area contributed by atoms with E-state index in [0.717, 1.165) is 23.5 Å². The molecule has 1 saturated carbocycles. The van der Waals surface area contributed by atoms with Gasteiger partial charge in [-0.1, -0.05) is 39.0 Å². The lowest BCUT2D eigenvalue weighted by Crippen LogP contribution is -2.54. The Morgan fingerprint density at radius 1 is 1.24 bits per heavy atom. The fourth-order valence-corrected chi connectivity index (χ4v) is 5.73. The van der Waals surface area contributed by atoms with Gasteiger partial charge in [0.15, 0.2) is 0 Å². The van der Waals surface area contributed by atoms with Crippen LogP contribution in [0.5, 0.6) is 0 Å². The lowest BCUT2D eigenvalue weighted by Gasteiger charge is -2.43. The number of amides is 4. The number of nitrogens with zero attached hydrogens (tertiary/aromatic N) is 1. The van der Waals surface area contributed by atoms with Crippen molar-refractivity contribution in [2.75, 3.05) is 18.8 Å². The third-order valence-electron chi connectivity index (χ3n) is 5.58. The molecular weight excluding hydrogens is 386 g/mol. The number of hydrogen-bond donors (Lipinski definition) is 2. The molecular formula is C22H31N3O3S. The van der Waals surface area contributed by atoms with Crippen LogP contribution in [0.3, 0.4) is 0 Å². The first kappa shape index (κ1) is 21.7. The summed E-state index contributed by atoms with van der Waals surface area (Å²) in [6, 6.07) is 9.66. The van der Waals surface area contributed by atoms with Crippen molar-refractivity contribution in [3.8, 4) is 0 Å². The average Bonchev–Trinajstić information content (AvgIpc) is 2.84. The molecule has 1 aromatic rings. The van der Waals surface area contributed by atoms with E-state index in [1.807, 2.05) is 18.2 Å². The van der Waals surface area contributed by atoms with Crippen molar-refractivity contribution in [3.63, 3.8) is 0 Å². The van der Waals surface area contributed by atoms with Crippen molar-refractivity contribution in [2.45, 2.75) is 56.9 Å². The molecule has 29 heavy (non-hydrogen) atoms. The maximum Gasteiger partial charge on any atom is 0.325 e. The summed E-state index contributed by atoms with van der Waals surface area (Å²) in [7, 11) is 0. The summed E-state index contributed by atoms with van der Waals surface area (Å²) in [5.41, 5.74) is -0.875. The van der Waals surface area contributed by atoms with Gasteiger partial charge in [0.25, 0.3) is 5.91 Å². The Morgan fingerprint density at radius 3 is 2.66 bits per heavy atom. The van der Waals surface area contributed by atoms with Crippen LogP contribution in [0.2, 0.25) is 0 Å². The number of imide groups is 1. The van der Waals surface area contributed by atoms with E-state index in [0.29, 0.717) is 25.3 Å². The molecule has 6 nitrogen and oxygen atoms in total. The first-order valence-electron chi connectivity index (χ1n) is 10.3. The van der Waals surface area contributed by atoms with Gasteiger partial charge in [-0.05, 0) is 54.9 Å². The number of thioether (sulfide) groups is 1. The predicted octanol–water partition coefficient (Wildman–Crippen LogP) is 3.42. The van der Waals surface area contributed by atoms with Gasteiger partial charge in [-0.25, -0.2) is 4.79 Å². The molecule has 1 aliphatic carbocycles. The molecule has 4 amide bonds. The molecule has 158 valence electrons. The fraction of sp³-hybridized carbons (Fsp3) is 0.591. The molecule has 2 unspecified atom stereocenters. The lowest BCUT2D eigenvalue weighted by molar-refractivity contribution is -0.137. The lowest BCUT2D eigenvalue weighted by atomic mass is 9.64. The number of rotatable bonds is 7. The number of hydrogen-bond acceptors (Lipinski definition) is 4. The summed E-state index contributed by atoms with van der Waals surface area (Å²) in [5.74, 6) is 0.693. The Balaban J connectivity index is 1.46. The zero-order chi connectivity index (χ0) is 21.1. The summed E-state index contributed by atoms with van der Waals surface area (Å²) >= 11 is 1.74. The first-order chi connectivity index (χ1) is 13.7. The molecule has 1 saturated heterocycles. The van der Waals surface area contributed by atoms with E-state index < -0.39 is 11.6 Å². The fourth-order valence-electron chi connectivity index (χ4n) is 4.86. The van der Waals surface area contributed by atoms with Crippen molar-refractivity contribution in [1.29, 1.82) is 0 Å². The summed E-state index contributed by atoms with van der Waals surface area (Å²) in [6.07, 6.45) is 3.10. The molecule has 2 atom stereocenters. The highest BCUT2D eigenvalue weighted by atomic mass is 32.2. The highest BCUT2D eigenvalue weighted by Crippen LogP contribution is 2.46. The van der Waals surface area contributed by atoms with Crippen LogP contribution in [-0.2, 0) is 9.59 Å². The van der Waals surface area contributed by atoms with E-state index in [9.17, 15) is 14.4 Å². The van der Waals surface area contributed by atoms with Gasteiger partial charge < -0.3 is 10.6 Å². The van der Waals surface area contributed by atoms with Crippen LogP contribution in [0, 0.1) is 11.3 Å². The Hall–Kier alpha value is -2.02. The van der Waals surface area contributed by atoms with Crippen LogP contribution in [0.1, 0.15) is 46.5 Å². The Kier molecular flexibility index (Phi) is 6.56. The summed E-state index contributed by atoms with van der Waals surface area (Å²) in [5, 5.41) is 5.74. The van der Waals surface area contributed by atoms with Crippen LogP contribution < -0.4 is 10.6 Å². The second-order valence-corrected chi connectivity index (χ2v) is 10.3.